The van der Waals surface area contributed by atoms with Crippen molar-refractivity contribution in [3.05, 3.63) is 21.3 Å². The average molecular weight is 253 g/mol. The first-order chi connectivity index (χ1) is 7.99. The van der Waals surface area contributed by atoms with Gasteiger partial charge in [-0.15, -0.1) is 10.2 Å². The number of hydrogen-bond donors (Lipinski definition) is 0. The van der Waals surface area contributed by atoms with Gasteiger partial charge in [0, 0.05) is 13.0 Å². The average Bonchev–Trinajstić information content (AvgIpc) is 2.83. The van der Waals surface area contributed by atoms with Gasteiger partial charge >= 0.3 is 5.82 Å². The summed E-state index contributed by atoms with van der Waals surface area (Å²) in [5.41, 5.74) is 0. The van der Waals surface area contributed by atoms with Crippen LogP contribution in [0.2, 0.25) is 0 Å². The number of rotatable bonds is 3. The molecule has 0 fully saturated rings. The summed E-state index contributed by atoms with van der Waals surface area (Å²) >= 11 is 1.41. The smallest absolute Gasteiger partial charge is 0.358 e. The molecule has 17 heavy (non-hydrogen) atoms. The van der Waals surface area contributed by atoms with Crippen LogP contribution in [-0.4, -0.2) is 24.7 Å². The van der Waals surface area contributed by atoms with E-state index >= 15 is 0 Å². The Bertz CT molecular complexity index is 559. The Balaban J connectivity index is 2.42. The van der Waals surface area contributed by atoms with E-state index in [-0.39, 0.29) is 11.7 Å². The third-order valence-electron chi connectivity index (χ3n) is 2.18. The van der Waals surface area contributed by atoms with Gasteiger partial charge in [-0.25, -0.2) is 0 Å². The third kappa shape index (κ3) is 2.16. The predicted octanol–water partition coefficient (Wildman–Crippen LogP) is 1.97. The van der Waals surface area contributed by atoms with Crippen molar-refractivity contribution in [2.45, 2.75) is 19.8 Å². The van der Waals surface area contributed by atoms with Gasteiger partial charge in [0.15, 0.2) is 0 Å². The van der Waals surface area contributed by atoms with Crippen LogP contribution in [0.25, 0.3) is 10.8 Å². The Morgan fingerprint density at radius 3 is 2.65 bits per heavy atom. The molecule has 0 bridgehead atoms. The Kier molecular flexibility index (Phi) is 2.88. The van der Waals surface area contributed by atoms with Crippen molar-refractivity contribution in [3.63, 3.8) is 0 Å². The highest BCUT2D eigenvalue weighted by atomic mass is 32.1. The Morgan fingerprint density at radius 1 is 1.47 bits per heavy atom. The molecule has 2 rings (SSSR count). The molecule has 0 radical (unpaired) electrons. The van der Waals surface area contributed by atoms with E-state index in [0.717, 1.165) is 5.01 Å². The zero-order chi connectivity index (χ0) is 12.6. The van der Waals surface area contributed by atoms with Crippen molar-refractivity contribution in [3.8, 4) is 10.8 Å². The normalized spacial score (nSPS) is 11.1. The molecular weight excluding hydrogens is 242 g/mol. The fourth-order valence-electron chi connectivity index (χ4n) is 1.30. The highest BCUT2D eigenvalue weighted by Gasteiger charge is 2.22. The Hall–Kier alpha value is -1.83. The maximum absolute atomic E-state index is 10.6. The van der Waals surface area contributed by atoms with Crippen molar-refractivity contribution in [1.29, 1.82) is 0 Å². The maximum Gasteiger partial charge on any atom is 0.382 e. The van der Waals surface area contributed by atoms with E-state index < -0.39 is 4.92 Å². The van der Waals surface area contributed by atoms with E-state index in [1.165, 1.54) is 17.5 Å². The molecule has 2 aromatic heterocycles. The van der Waals surface area contributed by atoms with Gasteiger partial charge in [0.1, 0.15) is 11.2 Å². The summed E-state index contributed by atoms with van der Waals surface area (Å²) in [6.07, 6.45) is 1.37. The van der Waals surface area contributed by atoms with Crippen LogP contribution < -0.4 is 0 Å². The molecule has 0 aromatic carbocycles. The fraction of sp³-hybridized carbons (Fsp3) is 0.444. The minimum atomic E-state index is -0.520. The molecule has 7 nitrogen and oxygen atoms in total. The second-order valence-corrected chi connectivity index (χ2v) is 4.90. The second kappa shape index (κ2) is 4.21. The number of aryl methyl sites for hydroxylation is 1. The van der Waals surface area contributed by atoms with Crippen LogP contribution in [-0.2, 0) is 7.05 Å². The lowest BCUT2D eigenvalue weighted by Gasteiger charge is -1.93. The molecule has 0 saturated carbocycles. The highest BCUT2D eigenvalue weighted by Crippen LogP contribution is 2.27. The summed E-state index contributed by atoms with van der Waals surface area (Å²) in [5.74, 6) is 0.585. The monoisotopic (exact) mass is 253 g/mol. The zero-order valence-corrected chi connectivity index (χ0v) is 10.4. The standard InChI is InChI=1S/C9H11N5O2S/c1-5(2)8-11-12-9(17-8)7-10-6(14(15)16)4-13(7)3/h4-5H,1-3H3. The van der Waals surface area contributed by atoms with E-state index in [0.29, 0.717) is 10.8 Å². The van der Waals surface area contributed by atoms with E-state index in [9.17, 15) is 10.1 Å². The summed E-state index contributed by atoms with van der Waals surface area (Å²) in [6.45, 7) is 4.04. The first-order valence-corrected chi connectivity index (χ1v) is 5.82. The van der Waals surface area contributed by atoms with Crippen molar-refractivity contribution in [1.82, 2.24) is 19.7 Å². The molecule has 2 aromatic rings. The largest absolute Gasteiger partial charge is 0.382 e. The maximum atomic E-state index is 10.6. The first kappa shape index (κ1) is 11.6. The summed E-state index contributed by atoms with van der Waals surface area (Å²) in [6, 6.07) is 0. The molecule has 0 unspecified atom stereocenters. The number of aromatic nitrogens is 4. The lowest BCUT2D eigenvalue weighted by Crippen LogP contribution is -1.90. The minimum Gasteiger partial charge on any atom is -0.358 e. The lowest BCUT2D eigenvalue weighted by molar-refractivity contribution is -0.389. The summed E-state index contributed by atoms with van der Waals surface area (Å²) < 4.78 is 1.59. The SMILES string of the molecule is CC(C)c1nnc(-c2nc([N+](=O)[O-])cn2C)s1. The number of imidazole rings is 1. The second-order valence-electron chi connectivity index (χ2n) is 3.89. The molecule has 0 amide bonds. The van der Waals surface area contributed by atoms with Gasteiger partial charge in [0.2, 0.25) is 5.01 Å². The topological polar surface area (TPSA) is 86.7 Å². The number of hydrogen-bond acceptors (Lipinski definition) is 6. The molecular formula is C9H11N5O2S. The molecule has 0 aliphatic heterocycles. The van der Waals surface area contributed by atoms with Crippen LogP contribution in [0.4, 0.5) is 5.82 Å². The van der Waals surface area contributed by atoms with E-state index in [1.54, 1.807) is 11.6 Å². The van der Waals surface area contributed by atoms with Crippen molar-refractivity contribution in [2.24, 2.45) is 7.05 Å². The van der Waals surface area contributed by atoms with Gasteiger partial charge in [-0.3, -0.25) is 0 Å². The molecule has 90 valence electrons. The Morgan fingerprint density at radius 2 is 2.18 bits per heavy atom. The lowest BCUT2D eigenvalue weighted by atomic mass is 10.2. The van der Waals surface area contributed by atoms with Gasteiger partial charge in [0.05, 0.1) is 0 Å². The molecule has 0 saturated heterocycles. The van der Waals surface area contributed by atoms with Gasteiger partial charge in [-0.1, -0.05) is 25.2 Å². The van der Waals surface area contributed by atoms with Crippen LogP contribution in [0.15, 0.2) is 6.20 Å². The van der Waals surface area contributed by atoms with Crippen LogP contribution in [0.1, 0.15) is 24.8 Å². The number of nitro groups is 1. The first-order valence-electron chi connectivity index (χ1n) is 5.00. The molecule has 0 atom stereocenters. The molecule has 0 N–H and O–H groups in total. The summed E-state index contributed by atoms with van der Waals surface area (Å²) in [5, 5.41) is 20.1. The molecule has 0 spiro atoms. The fourth-order valence-corrected chi connectivity index (χ4v) is 2.17. The quantitative estimate of drug-likeness (QED) is 0.616. The van der Waals surface area contributed by atoms with Crippen molar-refractivity contribution < 1.29 is 4.92 Å². The molecule has 0 aliphatic carbocycles. The molecule has 0 aliphatic rings. The minimum absolute atomic E-state index is 0.177. The highest BCUT2D eigenvalue weighted by molar-refractivity contribution is 7.14. The molecule has 2 heterocycles. The third-order valence-corrected chi connectivity index (χ3v) is 3.40. The van der Waals surface area contributed by atoms with E-state index in [2.05, 4.69) is 15.2 Å². The van der Waals surface area contributed by atoms with E-state index in [4.69, 9.17) is 0 Å². The van der Waals surface area contributed by atoms with Crippen LogP contribution in [0.5, 0.6) is 0 Å². The van der Waals surface area contributed by atoms with Gasteiger partial charge in [-0.05, 0) is 9.91 Å². The predicted molar refractivity (Wildman–Crippen MR) is 62.9 cm³/mol. The molecule has 8 heteroatoms. The van der Waals surface area contributed by atoms with Crippen LogP contribution in [0.3, 0.4) is 0 Å². The van der Waals surface area contributed by atoms with Crippen molar-refractivity contribution in [2.75, 3.05) is 0 Å². The number of nitrogens with zero attached hydrogens (tertiary/aromatic N) is 5. The van der Waals surface area contributed by atoms with Crippen LogP contribution >= 0.6 is 11.3 Å². The Labute approximate surface area is 101 Å². The van der Waals surface area contributed by atoms with Gasteiger partial charge < -0.3 is 14.7 Å². The van der Waals surface area contributed by atoms with Gasteiger partial charge in [-0.2, -0.15) is 0 Å². The zero-order valence-electron chi connectivity index (χ0n) is 9.62. The van der Waals surface area contributed by atoms with Crippen LogP contribution in [0, 0.1) is 10.1 Å². The summed E-state index contributed by atoms with van der Waals surface area (Å²) in [7, 11) is 1.70. The van der Waals surface area contributed by atoms with Gasteiger partial charge in [0.25, 0.3) is 5.82 Å². The summed E-state index contributed by atoms with van der Waals surface area (Å²) in [4.78, 5) is 14.0. The van der Waals surface area contributed by atoms with Crippen molar-refractivity contribution >= 4 is 17.2 Å². The van der Waals surface area contributed by atoms with E-state index in [1.807, 2.05) is 13.8 Å².